The van der Waals surface area contributed by atoms with E-state index < -0.39 is 0 Å². The van der Waals surface area contributed by atoms with Crippen LogP contribution in [0.15, 0.2) is 108 Å². The molecule has 5 nitrogen and oxygen atoms in total. The molecule has 0 spiro atoms. The highest BCUT2D eigenvalue weighted by molar-refractivity contribution is 7.13. The Labute approximate surface area is 339 Å². The SMILES string of the molecule is C1=CCC(C2N=C(C3CC=CCC3)NC(C3=CC(C4CC=CCC4)CNC3C3CCc4c(sc5c4C4C(C=C5)C5CC=CCC5N4C4C=CC=CC4)C3)N2)C=C1. The number of likely N-dealkylation sites (tertiary alicyclic amines) is 1. The van der Waals surface area contributed by atoms with Crippen LogP contribution >= 0.6 is 11.3 Å². The van der Waals surface area contributed by atoms with Crippen LogP contribution in [0, 0.1) is 41.4 Å². The van der Waals surface area contributed by atoms with Crippen molar-refractivity contribution in [3.8, 4) is 0 Å². The lowest BCUT2D eigenvalue weighted by atomic mass is 9.72. The molecular weight excluding hydrogens is 703 g/mol. The van der Waals surface area contributed by atoms with Crippen molar-refractivity contribution >= 4 is 23.2 Å². The minimum Gasteiger partial charge on any atom is -0.354 e. The van der Waals surface area contributed by atoms with Crippen molar-refractivity contribution in [2.24, 2.45) is 46.4 Å². The van der Waals surface area contributed by atoms with Gasteiger partial charge in [0, 0.05) is 58.2 Å². The second-order valence-electron chi connectivity index (χ2n) is 18.6. The quantitative estimate of drug-likeness (QED) is 0.253. The summed E-state index contributed by atoms with van der Waals surface area (Å²) in [6, 6.07) is 2.02. The van der Waals surface area contributed by atoms with Crippen LogP contribution in [0.3, 0.4) is 0 Å². The molecule has 0 radical (unpaired) electrons. The standard InChI is InChI=1S/C50H61N5S/c1-5-15-32(16-6-1)36-29-41(50-53-48(33-17-7-2-8-18-33)52-49(54-50)34-19-9-3-10-20-34)46(51-31-36)35-25-26-40-44(30-35)56-43-28-27-39-38-23-13-14-24-42(38)55(47(39)45(40)43)37-21-11-4-12-22-37/h1-5,7-9,11-14,17,21,27-29,32-39,42,46-48,50-51,53H,6,10,15-16,18-20,22-26,30-31H2,(H,52,54). The zero-order chi connectivity index (χ0) is 37.0. The molecule has 11 rings (SSSR count). The van der Waals surface area contributed by atoms with Crippen molar-refractivity contribution in [2.75, 3.05) is 6.54 Å². The molecular formula is C50H61N5S. The van der Waals surface area contributed by atoms with E-state index in [9.17, 15) is 0 Å². The van der Waals surface area contributed by atoms with Gasteiger partial charge in [-0.15, -0.1) is 11.3 Å². The molecule has 1 fully saturated rings. The highest BCUT2D eigenvalue weighted by Crippen LogP contribution is 2.57. The lowest BCUT2D eigenvalue weighted by molar-refractivity contribution is 0.138. The third-order valence-corrected chi connectivity index (χ3v) is 16.8. The molecule has 10 aliphatic rings. The predicted octanol–water partition coefficient (Wildman–Crippen LogP) is 9.68. The summed E-state index contributed by atoms with van der Waals surface area (Å²) in [5, 5.41) is 12.6. The van der Waals surface area contributed by atoms with Crippen LogP contribution in [0.4, 0.5) is 0 Å². The molecule has 0 amide bonds. The third-order valence-electron chi connectivity index (χ3n) is 15.5. The minimum absolute atomic E-state index is 0.0901. The molecule has 13 atom stereocenters. The number of aliphatic imine (C=N–C) groups is 1. The first-order valence-electron chi connectivity index (χ1n) is 22.5. The van der Waals surface area contributed by atoms with E-state index in [0.29, 0.717) is 53.8 Å². The largest absolute Gasteiger partial charge is 0.354 e. The fourth-order valence-corrected chi connectivity index (χ4v) is 14.1. The summed E-state index contributed by atoms with van der Waals surface area (Å²) in [7, 11) is 0. The normalized spacial score (nSPS) is 41.0. The van der Waals surface area contributed by atoms with Crippen LogP contribution in [0.1, 0.15) is 97.6 Å². The van der Waals surface area contributed by atoms with Crippen molar-refractivity contribution < 1.29 is 0 Å². The smallest absolute Gasteiger partial charge is 0.110 e. The van der Waals surface area contributed by atoms with Gasteiger partial charge in [0.1, 0.15) is 18.2 Å². The van der Waals surface area contributed by atoms with Crippen LogP contribution in [0.2, 0.25) is 0 Å². The van der Waals surface area contributed by atoms with Crippen LogP contribution in [0.5, 0.6) is 0 Å². The van der Waals surface area contributed by atoms with Crippen molar-refractivity contribution in [2.45, 2.75) is 120 Å². The zero-order valence-corrected chi connectivity index (χ0v) is 33.8. The lowest BCUT2D eigenvalue weighted by Gasteiger charge is -2.45. The first-order chi connectivity index (χ1) is 27.8. The molecule has 1 aromatic rings. The Balaban J connectivity index is 0.913. The Morgan fingerprint density at radius 1 is 0.750 bits per heavy atom. The fraction of sp³-hybridized carbons (Fsp3) is 0.540. The van der Waals surface area contributed by atoms with E-state index >= 15 is 0 Å². The Kier molecular flexibility index (Phi) is 9.90. The molecule has 0 bridgehead atoms. The Morgan fingerprint density at radius 2 is 1.61 bits per heavy atom. The van der Waals surface area contributed by atoms with Crippen molar-refractivity contribution in [1.29, 1.82) is 0 Å². The number of thiophene rings is 1. The number of fused-ring (bicyclic) bond motifs is 7. The van der Waals surface area contributed by atoms with Gasteiger partial charge in [-0.1, -0.05) is 97.2 Å². The monoisotopic (exact) mass is 763 g/mol. The Morgan fingerprint density at radius 3 is 2.43 bits per heavy atom. The van der Waals surface area contributed by atoms with Gasteiger partial charge < -0.3 is 10.6 Å². The maximum absolute atomic E-state index is 5.48. The molecule has 6 heteroatoms. The molecule has 3 aliphatic heterocycles. The Hall–Kier alpha value is -3.29. The van der Waals surface area contributed by atoms with Gasteiger partial charge in [0.05, 0.1) is 0 Å². The highest BCUT2D eigenvalue weighted by Gasteiger charge is 2.53. The molecule has 4 heterocycles. The van der Waals surface area contributed by atoms with Gasteiger partial charge in [-0.05, 0) is 130 Å². The zero-order valence-electron chi connectivity index (χ0n) is 33.0. The average molecular weight is 764 g/mol. The summed E-state index contributed by atoms with van der Waals surface area (Å²) in [5.41, 5.74) is 5.02. The summed E-state index contributed by atoms with van der Waals surface area (Å²) >= 11 is 2.15. The fourth-order valence-electron chi connectivity index (χ4n) is 12.7. The van der Waals surface area contributed by atoms with Crippen molar-refractivity contribution in [3.05, 3.63) is 124 Å². The van der Waals surface area contributed by atoms with E-state index in [1.54, 1.807) is 26.5 Å². The molecule has 3 N–H and O–H groups in total. The second-order valence-corrected chi connectivity index (χ2v) is 19.7. The van der Waals surface area contributed by atoms with Gasteiger partial charge in [0.25, 0.3) is 0 Å². The van der Waals surface area contributed by atoms with Crippen LogP contribution < -0.4 is 16.0 Å². The van der Waals surface area contributed by atoms with Gasteiger partial charge in [-0.2, -0.15) is 0 Å². The number of nitrogens with zero attached hydrogens (tertiary/aromatic N) is 2. The molecule has 0 aromatic carbocycles. The second kappa shape index (κ2) is 15.5. The van der Waals surface area contributed by atoms with Crippen LogP contribution in [0.25, 0.3) is 6.08 Å². The van der Waals surface area contributed by atoms with Crippen LogP contribution in [-0.2, 0) is 12.8 Å². The number of nitrogens with one attached hydrogen (secondary N) is 3. The number of amidine groups is 1. The molecule has 1 saturated heterocycles. The van der Waals surface area contributed by atoms with E-state index in [0.717, 1.165) is 44.1 Å². The molecule has 7 aliphatic carbocycles. The van der Waals surface area contributed by atoms with Gasteiger partial charge in [0.2, 0.25) is 0 Å². The maximum atomic E-state index is 5.48. The van der Waals surface area contributed by atoms with E-state index in [4.69, 9.17) is 4.99 Å². The summed E-state index contributed by atoms with van der Waals surface area (Å²) < 4.78 is 0. The lowest BCUT2D eigenvalue weighted by Crippen LogP contribution is -2.62. The van der Waals surface area contributed by atoms with Crippen molar-refractivity contribution in [1.82, 2.24) is 20.9 Å². The van der Waals surface area contributed by atoms with E-state index in [-0.39, 0.29) is 12.3 Å². The van der Waals surface area contributed by atoms with Gasteiger partial charge in [0.15, 0.2) is 0 Å². The third kappa shape index (κ3) is 6.51. The van der Waals surface area contributed by atoms with Crippen molar-refractivity contribution in [3.63, 3.8) is 0 Å². The highest BCUT2D eigenvalue weighted by atomic mass is 32.1. The molecule has 13 unspecified atom stereocenters. The van der Waals surface area contributed by atoms with Gasteiger partial charge in [-0.3, -0.25) is 15.2 Å². The first-order valence-corrected chi connectivity index (χ1v) is 23.4. The van der Waals surface area contributed by atoms with E-state index in [1.807, 2.05) is 0 Å². The molecule has 56 heavy (non-hydrogen) atoms. The predicted molar refractivity (Wildman–Crippen MR) is 233 cm³/mol. The number of rotatable bonds is 6. The summed E-state index contributed by atoms with van der Waals surface area (Å²) in [6.45, 7) is 1.10. The number of allylic oxidation sites excluding steroid dienone is 10. The Bertz CT molecular complexity index is 1970. The van der Waals surface area contributed by atoms with Crippen LogP contribution in [-0.4, -0.2) is 47.7 Å². The van der Waals surface area contributed by atoms with Gasteiger partial charge >= 0.3 is 0 Å². The maximum Gasteiger partial charge on any atom is 0.110 e. The first kappa shape index (κ1) is 35.8. The summed E-state index contributed by atoms with van der Waals surface area (Å²) in [4.78, 5) is 11.7. The van der Waals surface area contributed by atoms with Gasteiger partial charge in [-0.25, -0.2) is 0 Å². The summed E-state index contributed by atoms with van der Waals surface area (Å²) in [6.07, 6.45) is 56.8. The number of hydrogen-bond acceptors (Lipinski definition) is 6. The van der Waals surface area contributed by atoms with E-state index in [2.05, 4.69) is 135 Å². The van der Waals surface area contributed by atoms with E-state index in [1.165, 1.54) is 63.6 Å². The molecule has 292 valence electrons. The summed E-state index contributed by atoms with van der Waals surface area (Å²) in [5.74, 6) is 5.32. The molecule has 0 saturated carbocycles. The number of hydrogen-bond donors (Lipinski definition) is 3. The average Bonchev–Trinajstić information content (AvgIpc) is 3.82. The topological polar surface area (TPSA) is 51.7 Å². The minimum atomic E-state index is 0.0901. The molecule has 1 aromatic heterocycles.